The summed E-state index contributed by atoms with van der Waals surface area (Å²) in [5.74, 6) is 0.109. The summed E-state index contributed by atoms with van der Waals surface area (Å²) in [5, 5.41) is 4.45. The van der Waals surface area contributed by atoms with E-state index in [4.69, 9.17) is 0 Å². The molecule has 3 rings (SSSR count). The van der Waals surface area contributed by atoms with E-state index < -0.39 is 0 Å². The number of hydrogen-bond donors (Lipinski definition) is 0. The van der Waals surface area contributed by atoms with Gasteiger partial charge in [-0.25, -0.2) is 4.68 Å². The molecule has 7 heteroatoms. The first-order chi connectivity index (χ1) is 13.6. The van der Waals surface area contributed by atoms with Gasteiger partial charge in [0.2, 0.25) is 5.91 Å². The first-order valence-electron chi connectivity index (χ1n) is 10.0. The standard InChI is InChI=1S/C21H29N5O2/c1-3-24(4-2)20(27)17-23-12-8-13-25(16-15-23)21(28)19-11-14-26(22-19)18-9-6-5-7-10-18/h5-7,9-11,14H,3-4,8,12-13,15-17H2,1-2H3. The van der Waals surface area contributed by atoms with E-state index in [9.17, 15) is 9.59 Å². The highest BCUT2D eigenvalue weighted by Crippen LogP contribution is 2.11. The minimum atomic E-state index is -0.0494. The monoisotopic (exact) mass is 383 g/mol. The van der Waals surface area contributed by atoms with Crippen molar-refractivity contribution in [2.45, 2.75) is 20.3 Å². The van der Waals surface area contributed by atoms with Crippen LogP contribution in [0.25, 0.3) is 5.69 Å². The molecule has 1 fully saturated rings. The summed E-state index contributed by atoms with van der Waals surface area (Å²) in [5.41, 5.74) is 1.38. The fraction of sp³-hybridized carbons (Fsp3) is 0.476. The Morgan fingerprint density at radius 2 is 1.75 bits per heavy atom. The van der Waals surface area contributed by atoms with Gasteiger partial charge in [-0.05, 0) is 38.5 Å². The van der Waals surface area contributed by atoms with Gasteiger partial charge in [0.1, 0.15) is 0 Å². The summed E-state index contributed by atoms with van der Waals surface area (Å²) in [6.45, 7) is 8.72. The van der Waals surface area contributed by atoms with E-state index in [0.29, 0.717) is 31.9 Å². The van der Waals surface area contributed by atoms with Crippen molar-refractivity contribution in [3.05, 3.63) is 48.3 Å². The average molecular weight is 383 g/mol. The summed E-state index contributed by atoms with van der Waals surface area (Å²) >= 11 is 0. The van der Waals surface area contributed by atoms with Crippen molar-refractivity contribution >= 4 is 11.8 Å². The zero-order valence-electron chi connectivity index (χ0n) is 16.8. The third-order valence-electron chi connectivity index (χ3n) is 5.18. The highest BCUT2D eigenvalue weighted by atomic mass is 16.2. The summed E-state index contributed by atoms with van der Waals surface area (Å²) in [4.78, 5) is 31.1. The van der Waals surface area contributed by atoms with E-state index in [0.717, 1.165) is 31.7 Å². The summed E-state index contributed by atoms with van der Waals surface area (Å²) < 4.78 is 1.72. The number of rotatable bonds is 6. The van der Waals surface area contributed by atoms with Gasteiger partial charge in [0, 0.05) is 45.5 Å². The number of benzene rings is 1. The number of aromatic nitrogens is 2. The smallest absolute Gasteiger partial charge is 0.274 e. The van der Waals surface area contributed by atoms with Crippen molar-refractivity contribution in [2.24, 2.45) is 0 Å². The molecular formula is C21H29N5O2. The van der Waals surface area contributed by atoms with Gasteiger partial charge in [0.05, 0.1) is 12.2 Å². The average Bonchev–Trinajstić information content (AvgIpc) is 3.10. The minimum absolute atomic E-state index is 0.0494. The lowest BCUT2D eigenvalue weighted by molar-refractivity contribution is -0.132. The lowest BCUT2D eigenvalue weighted by Gasteiger charge is -2.25. The molecule has 150 valence electrons. The Kier molecular flexibility index (Phi) is 6.81. The fourth-order valence-corrected chi connectivity index (χ4v) is 3.52. The van der Waals surface area contributed by atoms with Crippen LogP contribution in [0.2, 0.25) is 0 Å². The topological polar surface area (TPSA) is 61.7 Å². The summed E-state index contributed by atoms with van der Waals surface area (Å²) in [6, 6.07) is 11.5. The normalized spacial score (nSPS) is 15.3. The summed E-state index contributed by atoms with van der Waals surface area (Å²) in [7, 11) is 0. The third kappa shape index (κ3) is 4.78. The predicted molar refractivity (Wildman–Crippen MR) is 108 cm³/mol. The zero-order valence-corrected chi connectivity index (χ0v) is 16.8. The molecule has 0 N–H and O–H groups in total. The Labute approximate surface area is 166 Å². The maximum absolute atomic E-state index is 12.9. The van der Waals surface area contributed by atoms with Crippen LogP contribution in [-0.4, -0.2) is 82.1 Å². The lowest BCUT2D eigenvalue weighted by Crippen LogP contribution is -2.42. The number of nitrogens with zero attached hydrogens (tertiary/aromatic N) is 5. The van der Waals surface area contributed by atoms with Crippen molar-refractivity contribution in [2.75, 3.05) is 45.8 Å². The lowest BCUT2D eigenvalue weighted by atomic mass is 10.3. The van der Waals surface area contributed by atoms with Crippen molar-refractivity contribution in [1.82, 2.24) is 24.5 Å². The molecule has 0 unspecified atom stereocenters. The van der Waals surface area contributed by atoms with Crippen molar-refractivity contribution in [1.29, 1.82) is 0 Å². The molecular weight excluding hydrogens is 354 g/mol. The van der Waals surface area contributed by atoms with Gasteiger partial charge in [0.25, 0.3) is 5.91 Å². The molecule has 0 atom stereocenters. The van der Waals surface area contributed by atoms with Crippen LogP contribution >= 0.6 is 0 Å². The fourth-order valence-electron chi connectivity index (χ4n) is 3.52. The van der Waals surface area contributed by atoms with Crippen LogP contribution in [0.4, 0.5) is 0 Å². The minimum Gasteiger partial charge on any atom is -0.342 e. The van der Waals surface area contributed by atoms with E-state index in [1.54, 1.807) is 10.7 Å². The molecule has 1 aliphatic rings. The summed E-state index contributed by atoms with van der Waals surface area (Å²) in [6.07, 6.45) is 2.67. The van der Waals surface area contributed by atoms with Crippen LogP contribution in [0.1, 0.15) is 30.8 Å². The van der Waals surface area contributed by atoms with Crippen molar-refractivity contribution in [3.8, 4) is 5.69 Å². The molecule has 2 aromatic rings. The van der Waals surface area contributed by atoms with Crippen LogP contribution < -0.4 is 0 Å². The molecule has 0 saturated carbocycles. The largest absolute Gasteiger partial charge is 0.342 e. The van der Waals surface area contributed by atoms with Gasteiger partial charge in [-0.15, -0.1) is 0 Å². The first-order valence-corrected chi connectivity index (χ1v) is 10.0. The van der Waals surface area contributed by atoms with Gasteiger partial charge >= 0.3 is 0 Å². The van der Waals surface area contributed by atoms with Crippen LogP contribution in [0.15, 0.2) is 42.6 Å². The second-order valence-corrected chi connectivity index (χ2v) is 6.97. The molecule has 7 nitrogen and oxygen atoms in total. The van der Waals surface area contributed by atoms with Gasteiger partial charge in [-0.2, -0.15) is 5.10 Å². The molecule has 1 aliphatic heterocycles. The number of carbonyl (C=O) groups is 2. The van der Waals surface area contributed by atoms with Crippen LogP contribution in [-0.2, 0) is 4.79 Å². The maximum atomic E-state index is 12.9. The third-order valence-corrected chi connectivity index (χ3v) is 5.18. The van der Waals surface area contributed by atoms with Crippen molar-refractivity contribution < 1.29 is 9.59 Å². The molecule has 1 aromatic heterocycles. The molecule has 0 radical (unpaired) electrons. The molecule has 2 heterocycles. The number of carbonyl (C=O) groups excluding carboxylic acids is 2. The highest BCUT2D eigenvalue weighted by Gasteiger charge is 2.23. The van der Waals surface area contributed by atoms with Gasteiger partial charge < -0.3 is 9.80 Å². The molecule has 2 amide bonds. The van der Waals surface area contributed by atoms with Gasteiger partial charge in [0.15, 0.2) is 5.69 Å². The first kappa shape index (κ1) is 20.1. The Bertz CT molecular complexity index is 785. The Morgan fingerprint density at radius 1 is 1.00 bits per heavy atom. The molecule has 1 saturated heterocycles. The molecule has 0 aliphatic carbocycles. The Hall–Kier alpha value is -2.67. The molecule has 28 heavy (non-hydrogen) atoms. The van der Waals surface area contributed by atoms with Crippen LogP contribution in [0.5, 0.6) is 0 Å². The van der Waals surface area contributed by atoms with E-state index in [2.05, 4.69) is 10.00 Å². The highest BCUT2D eigenvalue weighted by molar-refractivity contribution is 5.92. The quantitative estimate of drug-likeness (QED) is 0.764. The van der Waals surface area contributed by atoms with Crippen molar-refractivity contribution in [3.63, 3.8) is 0 Å². The van der Waals surface area contributed by atoms with Gasteiger partial charge in [-0.1, -0.05) is 18.2 Å². The number of hydrogen-bond acceptors (Lipinski definition) is 4. The number of amides is 2. The second kappa shape index (κ2) is 9.50. The van der Waals surface area contributed by atoms with Crippen LogP contribution in [0, 0.1) is 0 Å². The SMILES string of the molecule is CCN(CC)C(=O)CN1CCCN(C(=O)c2ccn(-c3ccccc3)n2)CC1. The molecule has 0 bridgehead atoms. The van der Waals surface area contributed by atoms with E-state index in [-0.39, 0.29) is 11.8 Å². The molecule has 0 spiro atoms. The van der Waals surface area contributed by atoms with Gasteiger partial charge in [-0.3, -0.25) is 14.5 Å². The van der Waals surface area contributed by atoms with E-state index in [1.165, 1.54) is 0 Å². The second-order valence-electron chi connectivity index (χ2n) is 6.97. The molecule has 1 aromatic carbocycles. The van der Waals surface area contributed by atoms with E-state index in [1.807, 2.05) is 60.2 Å². The zero-order chi connectivity index (χ0) is 19.9. The maximum Gasteiger partial charge on any atom is 0.274 e. The Balaban J connectivity index is 1.59. The predicted octanol–water partition coefficient (Wildman–Crippen LogP) is 1.89. The van der Waals surface area contributed by atoms with Crippen LogP contribution in [0.3, 0.4) is 0 Å². The number of para-hydroxylation sites is 1. The Morgan fingerprint density at radius 3 is 2.46 bits per heavy atom. The number of likely N-dealkylation sites (N-methyl/N-ethyl adjacent to an activating group) is 1. The van der Waals surface area contributed by atoms with E-state index >= 15 is 0 Å².